The number of aliphatic carboxylic acids is 1. The second kappa shape index (κ2) is 11.8. The number of hydrogen-bond acceptors (Lipinski definition) is 8. The van der Waals surface area contributed by atoms with Crippen LogP contribution in [0.4, 0.5) is 8.78 Å². The van der Waals surface area contributed by atoms with Crippen molar-refractivity contribution in [1.29, 1.82) is 0 Å². The highest BCUT2D eigenvalue weighted by atomic mass is 35.5. The molecule has 0 radical (unpaired) electrons. The quantitative estimate of drug-likeness (QED) is 0.282. The zero-order valence-electron chi connectivity index (χ0n) is 23.4. The van der Waals surface area contributed by atoms with Crippen molar-refractivity contribution in [3.8, 4) is 5.75 Å². The van der Waals surface area contributed by atoms with Crippen LogP contribution >= 0.6 is 11.6 Å². The molecule has 2 saturated heterocycles. The molecular weight excluding hydrogens is 576 g/mol. The van der Waals surface area contributed by atoms with Crippen LogP contribution in [0.5, 0.6) is 5.75 Å². The Morgan fingerprint density at radius 2 is 2.07 bits per heavy atom. The lowest BCUT2D eigenvalue weighted by atomic mass is 9.87. The highest BCUT2D eigenvalue weighted by Crippen LogP contribution is 2.54. The van der Waals surface area contributed by atoms with Gasteiger partial charge in [-0.25, -0.2) is 19.4 Å². The molecular formula is C28H36ClF2N5O6. The summed E-state index contributed by atoms with van der Waals surface area (Å²) in [5, 5.41) is 10.9. The van der Waals surface area contributed by atoms with Gasteiger partial charge in [0.25, 0.3) is 6.43 Å². The van der Waals surface area contributed by atoms with E-state index in [4.69, 9.17) is 32.7 Å². The van der Waals surface area contributed by atoms with E-state index in [-0.39, 0.29) is 48.4 Å². The Morgan fingerprint density at radius 3 is 2.69 bits per heavy atom. The van der Waals surface area contributed by atoms with Crippen molar-refractivity contribution >= 4 is 29.4 Å². The molecule has 5 rings (SSSR count). The standard InChI is InChI=1S/C28H36ClF2N5O6/c1-34(33)23(25(30)31)18(32)13-42-20-5-4-17(29)15-6-9-36(26(38)16-3-2-10-41-24(16)27(39)40)19(22(15)20)12-35-14-28(7-8-28)11-21(35)37/h4-5,16,19,24-25H,2-3,6-14,32-33H2,1H3,(H,39,40)/b23-18-/t16-,19?,24+/m1/s1. The van der Waals surface area contributed by atoms with E-state index in [0.717, 1.165) is 17.9 Å². The summed E-state index contributed by atoms with van der Waals surface area (Å²) in [6.07, 6.45) is -0.606. The number of carbonyl (C=O) groups is 3. The van der Waals surface area contributed by atoms with E-state index in [2.05, 4.69) is 0 Å². The van der Waals surface area contributed by atoms with E-state index < -0.39 is 42.8 Å². The number of allylic oxidation sites excluding steroid dienone is 1. The summed E-state index contributed by atoms with van der Waals surface area (Å²) in [4.78, 5) is 42.4. The maximum Gasteiger partial charge on any atom is 0.333 e. The van der Waals surface area contributed by atoms with Gasteiger partial charge >= 0.3 is 5.97 Å². The van der Waals surface area contributed by atoms with Crippen molar-refractivity contribution in [3.63, 3.8) is 0 Å². The molecule has 0 bridgehead atoms. The molecule has 3 heterocycles. The second-order valence-electron chi connectivity index (χ2n) is 11.7. The first-order chi connectivity index (χ1) is 19.9. The van der Waals surface area contributed by atoms with E-state index in [1.165, 1.54) is 7.05 Å². The van der Waals surface area contributed by atoms with Crippen LogP contribution in [0.1, 0.15) is 49.3 Å². The average Bonchev–Trinajstić information content (AvgIpc) is 3.62. The van der Waals surface area contributed by atoms with Crippen LogP contribution < -0.4 is 16.3 Å². The first-order valence-electron chi connectivity index (χ1n) is 14.0. The lowest BCUT2D eigenvalue weighted by Crippen LogP contribution is -2.52. The summed E-state index contributed by atoms with van der Waals surface area (Å²) in [6, 6.07) is 2.49. The molecule has 230 valence electrons. The van der Waals surface area contributed by atoms with Crippen molar-refractivity contribution in [2.45, 2.75) is 57.1 Å². The number of carboxylic acid groups (broad SMARTS) is 1. The normalized spacial score (nSPS) is 25.4. The fourth-order valence-electron chi connectivity index (χ4n) is 6.47. The third-order valence-electron chi connectivity index (χ3n) is 8.79. The maximum atomic E-state index is 14.1. The minimum atomic E-state index is -2.93. The summed E-state index contributed by atoms with van der Waals surface area (Å²) in [6.45, 7) is 0.792. The lowest BCUT2D eigenvalue weighted by molar-refractivity contribution is -0.167. The summed E-state index contributed by atoms with van der Waals surface area (Å²) in [5.74, 6) is 3.32. The molecule has 5 N–H and O–H groups in total. The molecule has 1 aromatic rings. The monoisotopic (exact) mass is 611 g/mol. The zero-order chi connectivity index (χ0) is 30.3. The number of carbonyl (C=O) groups excluding carboxylic acids is 2. The maximum absolute atomic E-state index is 14.1. The van der Waals surface area contributed by atoms with Crippen molar-refractivity contribution < 1.29 is 37.7 Å². The van der Waals surface area contributed by atoms with Gasteiger partial charge in [0.05, 0.1) is 17.7 Å². The molecule has 2 amide bonds. The van der Waals surface area contributed by atoms with Gasteiger partial charge in [0.2, 0.25) is 11.8 Å². The van der Waals surface area contributed by atoms with Gasteiger partial charge in [0.15, 0.2) is 6.10 Å². The van der Waals surface area contributed by atoms with Crippen molar-refractivity contribution in [1.82, 2.24) is 14.8 Å². The number of nitrogens with two attached hydrogens (primary N) is 2. The predicted octanol–water partition coefficient (Wildman–Crippen LogP) is 2.28. The third kappa shape index (κ3) is 5.86. The van der Waals surface area contributed by atoms with E-state index in [0.29, 0.717) is 48.4 Å². The Morgan fingerprint density at radius 1 is 1.33 bits per heavy atom. The molecule has 42 heavy (non-hydrogen) atoms. The Balaban J connectivity index is 1.52. The minimum Gasteiger partial charge on any atom is -0.487 e. The molecule has 3 aliphatic heterocycles. The number of likely N-dealkylation sites (tertiary alicyclic amines) is 1. The number of nitrogens with zero attached hydrogens (tertiary/aromatic N) is 3. The highest BCUT2D eigenvalue weighted by Gasteiger charge is 2.53. The van der Waals surface area contributed by atoms with Crippen LogP contribution in [0.2, 0.25) is 5.02 Å². The molecule has 1 aromatic carbocycles. The fraction of sp³-hybridized carbons (Fsp3) is 0.607. The van der Waals surface area contributed by atoms with Crippen LogP contribution in [0, 0.1) is 11.3 Å². The molecule has 11 nitrogen and oxygen atoms in total. The molecule has 3 fully saturated rings. The van der Waals surface area contributed by atoms with E-state index in [1.807, 2.05) is 0 Å². The number of carboxylic acids is 1. The fourth-order valence-corrected chi connectivity index (χ4v) is 6.73. The zero-order valence-corrected chi connectivity index (χ0v) is 24.1. The minimum absolute atomic E-state index is 0.0133. The van der Waals surface area contributed by atoms with Gasteiger partial charge in [-0.15, -0.1) is 0 Å². The highest BCUT2D eigenvalue weighted by molar-refractivity contribution is 6.31. The molecule has 1 saturated carbocycles. The van der Waals surface area contributed by atoms with Gasteiger partial charge < -0.3 is 35.1 Å². The van der Waals surface area contributed by atoms with Crippen LogP contribution in [-0.4, -0.2) is 90.1 Å². The van der Waals surface area contributed by atoms with Gasteiger partial charge in [0, 0.05) is 50.3 Å². The molecule has 1 unspecified atom stereocenters. The van der Waals surface area contributed by atoms with Crippen molar-refractivity contribution in [2.24, 2.45) is 22.9 Å². The second-order valence-corrected chi connectivity index (χ2v) is 12.1. The number of rotatable bonds is 9. The Labute approximate surface area is 247 Å². The molecule has 1 aliphatic carbocycles. The number of alkyl halides is 2. The number of benzene rings is 1. The largest absolute Gasteiger partial charge is 0.487 e. The predicted molar refractivity (Wildman–Crippen MR) is 147 cm³/mol. The summed E-state index contributed by atoms with van der Waals surface area (Å²) >= 11 is 6.62. The number of hydrazine groups is 1. The Hall–Kier alpha value is -3.16. The van der Waals surface area contributed by atoms with Crippen LogP contribution in [0.15, 0.2) is 23.5 Å². The number of hydrogen-bond donors (Lipinski definition) is 3. The first kappa shape index (κ1) is 30.3. The van der Waals surface area contributed by atoms with Crippen LogP contribution in [0.25, 0.3) is 0 Å². The molecule has 1 spiro atoms. The molecule has 4 aliphatic rings. The van der Waals surface area contributed by atoms with Gasteiger partial charge in [0.1, 0.15) is 18.1 Å². The Bertz CT molecular complexity index is 1280. The van der Waals surface area contributed by atoms with E-state index in [1.54, 1.807) is 21.9 Å². The van der Waals surface area contributed by atoms with E-state index >= 15 is 0 Å². The summed E-state index contributed by atoms with van der Waals surface area (Å²) in [7, 11) is 1.25. The number of ether oxygens (including phenoxy) is 2. The summed E-state index contributed by atoms with van der Waals surface area (Å²) in [5.41, 5.74) is 6.32. The smallest absolute Gasteiger partial charge is 0.333 e. The van der Waals surface area contributed by atoms with E-state index in [9.17, 15) is 28.3 Å². The molecule has 3 atom stereocenters. The van der Waals surface area contributed by atoms with Gasteiger partial charge in [-0.05, 0) is 55.2 Å². The Kier molecular flexibility index (Phi) is 8.55. The summed E-state index contributed by atoms with van der Waals surface area (Å²) < 4.78 is 38.6. The van der Waals surface area contributed by atoms with Gasteiger partial charge in [-0.2, -0.15) is 0 Å². The lowest BCUT2D eigenvalue weighted by Gasteiger charge is -2.43. The SMILES string of the molecule is CN(N)/C(=C(\N)COc1ccc(Cl)c2c1C(CN1CC3(CC3)CC1=O)N(C(=O)[C@@H]1CCCO[C@@H]1C(=O)O)CC2)C(F)F. The number of amides is 2. The van der Waals surface area contributed by atoms with Crippen molar-refractivity contribution in [3.05, 3.63) is 39.7 Å². The topological polar surface area (TPSA) is 152 Å². The van der Waals surface area contributed by atoms with Crippen LogP contribution in [0.3, 0.4) is 0 Å². The first-order valence-corrected chi connectivity index (χ1v) is 14.4. The third-order valence-corrected chi connectivity index (χ3v) is 9.15. The molecule has 14 heteroatoms. The number of fused-ring (bicyclic) bond motifs is 1. The molecule has 0 aromatic heterocycles. The van der Waals surface area contributed by atoms with Crippen LogP contribution in [-0.2, 0) is 25.5 Å². The number of halogens is 3. The average molecular weight is 612 g/mol. The van der Waals surface area contributed by atoms with Gasteiger partial charge in [-0.3, -0.25) is 9.59 Å². The van der Waals surface area contributed by atoms with Crippen molar-refractivity contribution in [2.75, 3.05) is 39.9 Å². The van der Waals surface area contributed by atoms with Gasteiger partial charge in [-0.1, -0.05) is 11.6 Å².